The first kappa shape index (κ1) is 13.2. The van der Waals surface area contributed by atoms with Crippen molar-refractivity contribution in [2.75, 3.05) is 6.54 Å². The van der Waals surface area contributed by atoms with Gasteiger partial charge < -0.3 is 4.98 Å². The molecule has 1 aliphatic rings. The van der Waals surface area contributed by atoms with Crippen LogP contribution in [0.1, 0.15) is 30.4 Å². The van der Waals surface area contributed by atoms with E-state index < -0.39 is 0 Å². The van der Waals surface area contributed by atoms with E-state index in [1.54, 1.807) is 0 Å². The number of aromatic amines is 1. The molecule has 1 aromatic carbocycles. The molecule has 1 saturated heterocycles. The number of rotatable bonds is 4. The Labute approximate surface area is 128 Å². The maximum Gasteiger partial charge on any atom is 0.170 e. The predicted octanol–water partition coefficient (Wildman–Crippen LogP) is 2.33. The Morgan fingerprint density at radius 3 is 2.86 bits per heavy atom. The summed E-state index contributed by atoms with van der Waals surface area (Å²) in [6.07, 6.45) is 4.36. The van der Waals surface area contributed by atoms with Gasteiger partial charge in [0.05, 0.1) is 18.3 Å². The third-order valence-corrected chi connectivity index (χ3v) is 4.22. The first-order valence-corrected chi connectivity index (χ1v) is 7.62. The lowest BCUT2D eigenvalue weighted by Gasteiger charge is -2.23. The van der Waals surface area contributed by atoms with Crippen LogP contribution < -0.4 is 0 Å². The van der Waals surface area contributed by atoms with E-state index in [1.165, 1.54) is 18.5 Å². The third-order valence-electron chi connectivity index (χ3n) is 4.22. The number of H-pyrrole nitrogens is 1. The molecule has 6 nitrogen and oxygen atoms in total. The largest absolute Gasteiger partial charge is 0.364 e. The van der Waals surface area contributed by atoms with Gasteiger partial charge in [-0.25, -0.2) is 0 Å². The van der Waals surface area contributed by atoms with E-state index in [1.807, 2.05) is 41.2 Å². The van der Waals surface area contributed by atoms with Crippen LogP contribution in [0.5, 0.6) is 0 Å². The van der Waals surface area contributed by atoms with E-state index in [9.17, 15) is 0 Å². The molecular formula is C16H18N6. The Morgan fingerprint density at radius 1 is 1.14 bits per heavy atom. The maximum absolute atomic E-state index is 4.22. The Balaban J connectivity index is 1.58. The van der Waals surface area contributed by atoms with Crippen LogP contribution in [0.15, 0.2) is 48.7 Å². The average Bonchev–Trinajstić information content (AvgIpc) is 3.30. The molecule has 0 bridgehead atoms. The van der Waals surface area contributed by atoms with Gasteiger partial charge in [0.1, 0.15) is 0 Å². The van der Waals surface area contributed by atoms with E-state index in [2.05, 4.69) is 37.5 Å². The SMILES string of the molecule is c1ccc(-n2nnnc2CN2CCC[C@H]2c2ccc[nH]2)cc1. The Bertz CT molecular complexity index is 718. The second-order valence-corrected chi connectivity index (χ2v) is 5.60. The number of nitrogens with one attached hydrogen (secondary N) is 1. The molecule has 0 unspecified atom stereocenters. The van der Waals surface area contributed by atoms with E-state index in [0.717, 1.165) is 24.6 Å². The molecule has 4 rings (SSSR count). The third kappa shape index (κ3) is 2.42. The van der Waals surface area contributed by atoms with Crippen LogP contribution in [-0.4, -0.2) is 36.6 Å². The number of hydrogen-bond acceptors (Lipinski definition) is 4. The second kappa shape index (κ2) is 5.73. The zero-order chi connectivity index (χ0) is 14.8. The Kier molecular flexibility index (Phi) is 3.44. The van der Waals surface area contributed by atoms with E-state index in [0.29, 0.717) is 6.04 Å². The molecule has 22 heavy (non-hydrogen) atoms. The van der Waals surface area contributed by atoms with Gasteiger partial charge in [0.2, 0.25) is 0 Å². The van der Waals surface area contributed by atoms with Crippen molar-refractivity contribution in [3.05, 3.63) is 60.2 Å². The molecule has 1 N–H and O–H groups in total. The standard InChI is InChI=1S/C16H18N6/c1-2-6-13(7-3-1)22-16(18-19-20-22)12-21-11-5-9-15(21)14-8-4-10-17-14/h1-4,6-8,10,15,17H,5,9,11-12H2/t15-/m0/s1. The summed E-state index contributed by atoms with van der Waals surface area (Å²) in [4.78, 5) is 5.78. The molecule has 1 atom stereocenters. The molecule has 0 amide bonds. The van der Waals surface area contributed by atoms with Crippen molar-refractivity contribution in [1.82, 2.24) is 30.1 Å². The van der Waals surface area contributed by atoms with Gasteiger partial charge in [0.15, 0.2) is 5.82 Å². The highest BCUT2D eigenvalue weighted by atomic mass is 15.5. The minimum Gasteiger partial charge on any atom is -0.364 e. The average molecular weight is 294 g/mol. The van der Waals surface area contributed by atoms with E-state index >= 15 is 0 Å². The molecule has 112 valence electrons. The minimum absolute atomic E-state index is 0.427. The number of benzene rings is 1. The molecule has 6 heteroatoms. The Morgan fingerprint density at radius 2 is 2.05 bits per heavy atom. The normalized spacial score (nSPS) is 18.8. The fourth-order valence-corrected chi connectivity index (χ4v) is 3.17. The van der Waals surface area contributed by atoms with Crippen molar-refractivity contribution in [2.24, 2.45) is 0 Å². The van der Waals surface area contributed by atoms with Crippen LogP contribution in [0.4, 0.5) is 0 Å². The van der Waals surface area contributed by atoms with Crippen LogP contribution >= 0.6 is 0 Å². The number of likely N-dealkylation sites (tertiary alicyclic amines) is 1. The van der Waals surface area contributed by atoms with Crippen molar-refractivity contribution < 1.29 is 0 Å². The fraction of sp³-hybridized carbons (Fsp3) is 0.312. The lowest BCUT2D eigenvalue weighted by atomic mass is 10.1. The topological polar surface area (TPSA) is 62.6 Å². The molecule has 2 aromatic heterocycles. The zero-order valence-corrected chi connectivity index (χ0v) is 12.3. The van der Waals surface area contributed by atoms with Crippen LogP contribution in [0.2, 0.25) is 0 Å². The van der Waals surface area contributed by atoms with E-state index in [-0.39, 0.29) is 0 Å². The lowest BCUT2D eigenvalue weighted by molar-refractivity contribution is 0.237. The predicted molar refractivity (Wildman–Crippen MR) is 82.3 cm³/mol. The van der Waals surface area contributed by atoms with Gasteiger partial charge >= 0.3 is 0 Å². The van der Waals surface area contributed by atoms with Gasteiger partial charge in [-0.3, -0.25) is 4.90 Å². The fourth-order valence-electron chi connectivity index (χ4n) is 3.17. The molecule has 0 radical (unpaired) electrons. The molecule has 3 aromatic rings. The van der Waals surface area contributed by atoms with Crippen molar-refractivity contribution in [1.29, 1.82) is 0 Å². The van der Waals surface area contributed by atoms with Gasteiger partial charge in [-0.15, -0.1) is 5.10 Å². The first-order valence-electron chi connectivity index (χ1n) is 7.62. The van der Waals surface area contributed by atoms with Gasteiger partial charge in [-0.1, -0.05) is 18.2 Å². The highest BCUT2D eigenvalue weighted by Crippen LogP contribution is 2.31. The number of para-hydroxylation sites is 1. The number of tetrazole rings is 1. The molecule has 0 saturated carbocycles. The number of nitrogens with zero attached hydrogens (tertiary/aromatic N) is 5. The van der Waals surface area contributed by atoms with Crippen molar-refractivity contribution in [2.45, 2.75) is 25.4 Å². The first-order chi connectivity index (χ1) is 10.9. The van der Waals surface area contributed by atoms with Gasteiger partial charge in [-0.2, -0.15) is 4.68 Å². The summed E-state index contributed by atoms with van der Waals surface area (Å²) in [6.45, 7) is 1.83. The quantitative estimate of drug-likeness (QED) is 0.802. The van der Waals surface area contributed by atoms with Crippen LogP contribution in [0.3, 0.4) is 0 Å². The zero-order valence-electron chi connectivity index (χ0n) is 12.3. The van der Waals surface area contributed by atoms with Gasteiger partial charge in [0, 0.05) is 11.9 Å². The van der Waals surface area contributed by atoms with Gasteiger partial charge in [-0.05, 0) is 54.1 Å². The molecule has 0 spiro atoms. The highest BCUT2D eigenvalue weighted by molar-refractivity contribution is 5.30. The summed E-state index contributed by atoms with van der Waals surface area (Å²) < 4.78 is 1.82. The number of hydrogen-bond donors (Lipinski definition) is 1. The van der Waals surface area contributed by atoms with Crippen molar-refractivity contribution in [3.63, 3.8) is 0 Å². The van der Waals surface area contributed by atoms with Crippen LogP contribution in [-0.2, 0) is 6.54 Å². The summed E-state index contributed by atoms with van der Waals surface area (Å²) >= 11 is 0. The van der Waals surface area contributed by atoms with Crippen molar-refractivity contribution in [3.8, 4) is 5.69 Å². The summed E-state index contributed by atoms with van der Waals surface area (Å²) in [6, 6.07) is 14.7. The molecule has 0 aliphatic carbocycles. The summed E-state index contributed by atoms with van der Waals surface area (Å²) in [5, 5.41) is 12.2. The van der Waals surface area contributed by atoms with Crippen molar-refractivity contribution >= 4 is 0 Å². The summed E-state index contributed by atoms with van der Waals surface area (Å²) in [5.41, 5.74) is 2.27. The monoisotopic (exact) mass is 294 g/mol. The minimum atomic E-state index is 0.427. The smallest absolute Gasteiger partial charge is 0.170 e. The number of aromatic nitrogens is 5. The van der Waals surface area contributed by atoms with Crippen LogP contribution in [0, 0.1) is 0 Å². The molecule has 1 fully saturated rings. The Hall–Kier alpha value is -2.47. The maximum atomic E-state index is 4.22. The highest BCUT2D eigenvalue weighted by Gasteiger charge is 2.28. The summed E-state index contributed by atoms with van der Waals surface area (Å²) in [5.74, 6) is 0.879. The lowest BCUT2D eigenvalue weighted by Crippen LogP contribution is -2.25. The molecule has 1 aliphatic heterocycles. The van der Waals surface area contributed by atoms with Crippen LogP contribution in [0.25, 0.3) is 5.69 Å². The van der Waals surface area contributed by atoms with Gasteiger partial charge in [0.25, 0.3) is 0 Å². The molecular weight excluding hydrogens is 276 g/mol. The van der Waals surface area contributed by atoms with E-state index in [4.69, 9.17) is 0 Å². The second-order valence-electron chi connectivity index (χ2n) is 5.60. The summed E-state index contributed by atoms with van der Waals surface area (Å²) in [7, 11) is 0. The molecule has 3 heterocycles.